The molecule has 0 unspecified atom stereocenters. The molecule has 0 aromatic heterocycles. The van der Waals surface area contributed by atoms with Crippen molar-refractivity contribution in [1.29, 1.82) is 0 Å². The predicted octanol–water partition coefficient (Wildman–Crippen LogP) is 4.11. The number of hydrogen-bond acceptors (Lipinski definition) is 2. The predicted molar refractivity (Wildman–Crippen MR) is 69.9 cm³/mol. The van der Waals surface area contributed by atoms with Gasteiger partial charge in [-0.05, 0) is 48.0 Å². The van der Waals surface area contributed by atoms with Crippen LogP contribution >= 0.6 is 0 Å². The van der Waals surface area contributed by atoms with E-state index in [-0.39, 0.29) is 18.6 Å². The molecule has 1 N–H and O–H groups in total. The van der Waals surface area contributed by atoms with E-state index < -0.39 is 5.97 Å². The lowest BCUT2D eigenvalue weighted by Gasteiger charge is -2.30. The Balaban J connectivity index is -0.000000214. The summed E-state index contributed by atoms with van der Waals surface area (Å²) in [4.78, 5) is 9.60. The molecule has 0 atom stereocenters. The van der Waals surface area contributed by atoms with E-state index >= 15 is 0 Å². The molecule has 0 radical (unpaired) electrons. The zero-order valence-corrected chi connectivity index (χ0v) is 11.2. The molecule has 3 nitrogen and oxygen atoms in total. The van der Waals surface area contributed by atoms with E-state index in [0.29, 0.717) is 6.42 Å². The molecule has 0 saturated carbocycles. The van der Waals surface area contributed by atoms with Crippen molar-refractivity contribution >= 4 is 5.97 Å². The minimum Gasteiger partial charge on any atom is -0.481 e. The first-order chi connectivity index (χ1) is 6.48. The lowest BCUT2D eigenvalue weighted by atomic mass is 10.1. The van der Waals surface area contributed by atoms with E-state index in [2.05, 4.69) is 41.5 Å². The summed E-state index contributed by atoms with van der Waals surface area (Å²) >= 11 is 0. The minimum atomic E-state index is -0.711. The van der Waals surface area contributed by atoms with Gasteiger partial charge in [-0.2, -0.15) is 0 Å². The third-order valence-corrected chi connectivity index (χ3v) is 1.08. The third-order valence-electron chi connectivity index (χ3n) is 1.08. The average Bonchev–Trinajstić information content (AvgIpc) is 1.77. The van der Waals surface area contributed by atoms with Crippen molar-refractivity contribution in [2.45, 2.75) is 79.9 Å². The Morgan fingerprint density at radius 3 is 1.38 bits per heavy atom. The highest BCUT2D eigenvalue weighted by Crippen LogP contribution is 2.17. The summed E-state index contributed by atoms with van der Waals surface area (Å²) in [6.45, 7) is 14.2. The van der Waals surface area contributed by atoms with Gasteiger partial charge in [0.1, 0.15) is 0 Å². The topological polar surface area (TPSA) is 46.5 Å². The van der Waals surface area contributed by atoms with Crippen molar-refractivity contribution in [3.8, 4) is 0 Å². The molecule has 100 valence electrons. The van der Waals surface area contributed by atoms with Gasteiger partial charge in [-0.1, -0.05) is 14.4 Å². The molecule has 0 amide bonds. The number of aliphatic carboxylic acids is 1. The quantitative estimate of drug-likeness (QED) is 0.782. The third kappa shape index (κ3) is 29.2. The second-order valence-electron chi connectivity index (χ2n) is 5.47. The van der Waals surface area contributed by atoms with E-state index in [1.807, 2.05) is 6.92 Å². The molecule has 0 fully saturated rings. The first-order valence-corrected chi connectivity index (χ1v) is 5.40. The van der Waals surface area contributed by atoms with E-state index in [0.717, 1.165) is 6.42 Å². The fourth-order valence-electron chi connectivity index (χ4n) is 1.13. The molecule has 3 heteroatoms. The molecule has 0 rings (SSSR count). The summed E-state index contributed by atoms with van der Waals surface area (Å²) in [5.74, 6) is -0.711. The number of carboxylic acid groups (broad SMARTS) is 1. The van der Waals surface area contributed by atoms with Crippen molar-refractivity contribution in [1.82, 2.24) is 0 Å². The summed E-state index contributed by atoms with van der Waals surface area (Å²) in [6, 6.07) is 0. The highest BCUT2D eigenvalue weighted by atomic mass is 16.5. The van der Waals surface area contributed by atoms with Crippen molar-refractivity contribution in [3.05, 3.63) is 0 Å². The Kier molecular flexibility index (Phi) is 11.1. The van der Waals surface area contributed by atoms with E-state index in [1.54, 1.807) is 0 Å². The SMILES string of the molecule is C.CC(C)(C)OC(C)(C)C.CCCC(=O)O. The van der Waals surface area contributed by atoms with Gasteiger partial charge in [0, 0.05) is 6.42 Å². The maximum atomic E-state index is 9.60. The van der Waals surface area contributed by atoms with Gasteiger partial charge >= 0.3 is 5.97 Å². The number of rotatable bonds is 2. The summed E-state index contributed by atoms with van der Waals surface area (Å²) in [5.41, 5.74) is -0.0312. The van der Waals surface area contributed by atoms with Crippen LogP contribution in [-0.2, 0) is 9.53 Å². The van der Waals surface area contributed by atoms with Crippen LogP contribution in [0.2, 0.25) is 0 Å². The zero-order valence-electron chi connectivity index (χ0n) is 11.2. The summed E-state index contributed by atoms with van der Waals surface area (Å²) in [6.07, 6.45) is 1.02. The Labute approximate surface area is 101 Å². The van der Waals surface area contributed by atoms with Gasteiger partial charge < -0.3 is 9.84 Å². The van der Waals surface area contributed by atoms with Gasteiger partial charge in [-0.25, -0.2) is 0 Å². The van der Waals surface area contributed by atoms with Crippen LogP contribution in [-0.4, -0.2) is 22.3 Å². The van der Waals surface area contributed by atoms with Crippen LogP contribution in [0, 0.1) is 0 Å². The first kappa shape index (κ1) is 20.8. The first-order valence-electron chi connectivity index (χ1n) is 5.40. The Bertz CT molecular complexity index is 161. The fraction of sp³-hybridized carbons (Fsp3) is 0.923. The molecule has 0 bridgehead atoms. The summed E-state index contributed by atoms with van der Waals surface area (Å²) in [5, 5.41) is 7.91. The number of ether oxygens (including phenoxy) is 1. The van der Waals surface area contributed by atoms with Crippen LogP contribution in [0.1, 0.15) is 68.7 Å². The molecule has 16 heavy (non-hydrogen) atoms. The monoisotopic (exact) mass is 234 g/mol. The second-order valence-corrected chi connectivity index (χ2v) is 5.47. The fourth-order valence-corrected chi connectivity index (χ4v) is 1.13. The highest BCUT2D eigenvalue weighted by molar-refractivity contribution is 5.66. The molecule has 0 saturated heterocycles. The standard InChI is InChI=1S/C8H18O.C4H8O2.CH4/c1-7(2,3)9-8(4,5)6;1-2-3-4(5)6;/h1-6H3;2-3H2,1H3,(H,5,6);1H4. The Morgan fingerprint density at radius 1 is 1.06 bits per heavy atom. The molecule has 0 aliphatic rings. The van der Waals surface area contributed by atoms with Gasteiger partial charge in [0.25, 0.3) is 0 Å². The number of carbonyl (C=O) groups is 1. The van der Waals surface area contributed by atoms with Gasteiger partial charge in [0.15, 0.2) is 0 Å². The van der Waals surface area contributed by atoms with Crippen LogP contribution in [0.3, 0.4) is 0 Å². The van der Waals surface area contributed by atoms with Gasteiger partial charge in [-0.15, -0.1) is 0 Å². The van der Waals surface area contributed by atoms with Crippen molar-refractivity contribution in [3.63, 3.8) is 0 Å². The molecular formula is C13H30O3. The Morgan fingerprint density at radius 2 is 1.38 bits per heavy atom. The number of hydrogen-bond donors (Lipinski definition) is 1. The molecule has 0 aromatic rings. The van der Waals surface area contributed by atoms with Gasteiger partial charge in [-0.3, -0.25) is 4.79 Å². The average molecular weight is 234 g/mol. The van der Waals surface area contributed by atoms with Gasteiger partial charge in [0.2, 0.25) is 0 Å². The normalized spacial score (nSPS) is 10.9. The molecule has 0 aliphatic heterocycles. The minimum absolute atomic E-state index is 0. The second kappa shape index (κ2) is 8.57. The van der Waals surface area contributed by atoms with Crippen molar-refractivity contribution < 1.29 is 14.6 Å². The molecule has 0 aromatic carbocycles. The van der Waals surface area contributed by atoms with Crippen LogP contribution < -0.4 is 0 Å². The highest BCUT2D eigenvalue weighted by Gasteiger charge is 2.19. The Hall–Kier alpha value is -0.570. The molecular weight excluding hydrogens is 204 g/mol. The molecule has 0 spiro atoms. The van der Waals surface area contributed by atoms with Crippen LogP contribution in [0.25, 0.3) is 0 Å². The largest absolute Gasteiger partial charge is 0.481 e. The molecule has 0 heterocycles. The maximum absolute atomic E-state index is 9.60. The van der Waals surface area contributed by atoms with Crippen LogP contribution in [0.15, 0.2) is 0 Å². The van der Waals surface area contributed by atoms with Gasteiger partial charge in [0.05, 0.1) is 11.2 Å². The smallest absolute Gasteiger partial charge is 0.303 e. The van der Waals surface area contributed by atoms with Crippen LogP contribution in [0.4, 0.5) is 0 Å². The summed E-state index contributed by atoms with van der Waals surface area (Å²) < 4.78 is 5.62. The van der Waals surface area contributed by atoms with Crippen molar-refractivity contribution in [2.24, 2.45) is 0 Å². The number of carboxylic acids is 1. The van der Waals surface area contributed by atoms with E-state index in [9.17, 15) is 4.79 Å². The van der Waals surface area contributed by atoms with E-state index in [1.165, 1.54) is 0 Å². The van der Waals surface area contributed by atoms with Crippen LogP contribution in [0.5, 0.6) is 0 Å². The van der Waals surface area contributed by atoms with E-state index in [4.69, 9.17) is 9.84 Å². The summed E-state index contributed by atoms with van der Waals surface area (Å²) in [7, 11) is 0. The lowest BCUT2D eigenvalue weighted by molar-refractivity contribution is -0.137. The molecule has 0 aliphatic carbocycles. The maximum Gasteiger partial charge on any atom is 0.303 e. The lowest BCUT2D eigenvalue weighted by Crippen LogP contribution is -2.31. The zero-order chi connectivity index (χ0) is 12.7. The van der Waals surface area contributed by atoms with Crippen molar-refractivity contribution in [2.75, 3.05) is 0 Å².